The van der Waals surface area contributed by atoms with Crippen molar-refractivity contribution in [1.82, 2.24) is 10.2 Å². The molecule has 0 spiro atoms. The van der Waals surface area contributed by atoms with Crippen LogP contribution >= 0.6 is 35.3 Å². The fourth-order valence-electron chi connectivity index (χ4n) is 2.70. The van der Waals surface area contributed by atoms with Crippen LogP contribution in [0.2, 0.25) is 5.02 Å². The first-order chi connectivity index (χ1) is 10.7. The summed E-state index contributed by atoms with van der Waals surface area (Å²) in [5.74, 6) is 0.650. The van der Waals surface area contributed by atoms with Gasteiger partial charge < -0.3 is 15.0 Å². The summed E-state index contributed by atoms with van der Waals surface area (Å²) in [6.07, 6.45) is 0. The van der Waals surface area contributed by atoms with Gasteiger partial charge in [0.25, 0.3) is 5.91 Å². The van der Waals surface area contributed by atoms with Gasteiger partial charge in [-0.05, 0) is 29.1 Å². The Morgan fingerprint density at radius 1 is 1.43 bits per heavy atom. The Balaban J connectivity index is 0.00000192. The first kappa shape index (κ1) is 18.1. The molecule has 2 heterocycles. The van der Waals surface area contributed by atoms with Crippen molar-refractivity contribution in [2.75, 3.05) is 26.7 Å². The second-order valence-electron chi connectivity index (χ2n) is 5.09. The molecule has 0 radical (unpaired) electrons. The fourth-order valence-corrected chi connectivity index (χ4v) is 3.72. The maximum atomic E-state index is 12.9. The molecule has 23 heavy (non-hydrogen) atoms. The molecule has 124 valence electrons. The van der Waals surface area contributed by atoms with E-state index >= 15 is 0 Å². The van der Waals surface area contributed by atoms with E-state index in [9.17, 15) is 4.79 Å². The van der Waals surface area contributed by atoms with E-state index in [0.29, 0.717) is 22.2 Å². The minimum atomic E-state index is -0.0215. The third-order valence-electron chi connectivity index (χ3n) is 3.78. The molecule has 1 aliphatic heterocycles. The Morgan fingerprint density at radius 2 is 2.26 bits per heavy atom. The summed E-state index contributed by atoms with van der Waals surface area (Å²) in [7, 11) is 1.59. The van der Waals surface area contributed by atoms with Crippen molar-refractivity contribution >= 4 is 41.3 Å². The molecule has 2 aromatic rings. The Labute approximate surface area is 150 Å². The second-order valence-corrected chi connectivity index (χ2v) is 6.44. The zero-order valence-electron chi connectivity index (χ0n) is 12.6. The number of ether oxygens (including phenoxy) is 1. The minimum absolute atomic E-state index is 0. The molecule has 3 rings (SSSR count). The molecule has 1 amide bonds. The van der Waals surface area contributed by atoms with E-state index in [1.807, 2.05) is 40.6 Å². The highest BCUT2D eigenvalue weighted by molar-refractivity contribution is 7.12. The van der Waals surface area contributed by atoms with Gasteiger partial charge in [-0.2, -0.15) is 0 Å². The maximum Gasteiger partial charge on any atom is 0.268 e. The van der Waals surface area contributed by atoms with E-state index in [1.165, 1.54) is 11.3 Å². The standard InChI is InChI=1S/C16H17ClN2O2S.ClH/c1-21-14-5-8-22-15(14)16(20)19-7-6-18-10-13(19)11-3-2-4-12(17)9-11;/h2-5,8-9,13,18H,6-7,10H2,1H3;1H. The summed E-state index contributed by atoms with van der Waals surface area (Å²) in [4.78, 5) is 15.5. The summed E-state index contributed by atoms with van der Waals surface area (Å²) in [5.41, 5.74) is 1.04. The molecule has 1 N–H and O–H groups in total. The van der Waals surface area contributed by atoms with E-state index in [-0.39, 0.29) is 24.4 Å². The van der Waals surface area contributed by atoms with E-state index in [1.54, 1.807) is 7.11 Å². The number of benzene rings is 1. The average Bonchev–Trinajstić information content (AvgIpc) is 3.03. The second kappa shape index (κ2) is 8.02. The number of rotatable bonds is 3. The van der Waals surface area contributed by atoms with Gasteiger partial charge in [0.2, 0.25) is 0 Å². The molecule has 7 heteroatoms. The lowest BCUT2D eigenvalue weighted by atomic mass is 10.0. The highest BCUT2D eigenvalue weighted by Crippen LogP contribution is 2.31. The third kappa shape index (κ3) is 3.80. The minimum Gasteiger partial charge on any atom is -0.495 e. The highest BCUT2D eigenvalue weighted by Gasteiger charge is 2.30. The van der Waals surface area contributed by atoms with Crippen LogP contribution in [0, 0.1) is 0 Å². The lowest BCUT2D eigenvalue weighted by Crippen LogP contribution is -2.48. The number of amides is 1. The summed E-state index contributed by atoms with van der Waals surface area (Å²) in [5, 5.41) is 5.91. The zero-order chi connectivity index (χ0) is 15.5. The summed E-state index contributed by atoms with van der Waals surface area (Å²) in [6.45, 7) is 2.17. The van der Waals surface area contributed by atoms with Crippen LogP contribution in [-0.2, 0) is 0 Å². The Kier molecular flexibility index (Phi) is 6.30. The van der Waals surface area contributed by atoms with Crippen molar-refractivity contribution < 1.29 is 9.53 Å². The fraction of sp³-hybridized carbons (Fsp3) is 0.312. The van der Waals surface area contributed by atoms with Gasteiger partial charge in [0.1, 0.15) is 10.6 Å². The first-order valence-corrected chi connectivity index (χ1v) is 8.35. The van der Waals surface area contributed by atoms with Crippen molar-refractivity contribution in [2.24, 2.45) is 0 Å². The number of methoxy groups -OCH3 is 1. The molecule has 1 aromatic heterocycles. The molecule has 4 nitrogen and oxygen atoms in total. The van der Waals surface area contributed by atoms with Crippen LogP contribution < -0.4 is 10.1 Å². The third-order valence-corrected chi connectivity index (χ3v) is 4.90. The van der Waals surface area contributed by atoms with Crippen LogP contribution in [0.5, 0.6) is 5.75 Å². The van der Waals surface area contributed by atoms with E-state index < -0.39 is 0 Å². The Bertz CT molecular complexity index is 678. The molecule has 1 atom stereocenters. The van der Waals surface area contributed by atoms with Crippen molar-refractivity contribution in [1.29, 1.82) is 0 Å². The molecule has 0 saturated carbocycles. The molecule has 1 saturated heterocycles. The number of hydrogen-bond donors (Lipinski definition) is 1. The predicted molar refractivity (Wildman–Crippen MR) is 96.2 cm³/mol. The van der Waals surface area contributed by atoms with Crippen LogP contribution in [0.4, 0.5) is 0 Å². The molecule has 0 bridgehead atoms. The normalized spacial score (nSPS) is 17.5. The van der Waals surface area contributed by atoms with Crippen LogP contribution in [0.25, 0.3) is 0 Å². The topological polar surface area (TPSA) is 41.6 Å². The number of carbonyl (C=O) groups is 1. The summed E-state index contributed by atoms with van der Waals surface area (Å²) >= 11 is 7.51. The average molecular weight is 373 g/mol. The lowest BCUT2D eigenvalue weighted by Gasteiger charge is -2.36. The molecule has 1 fully saturated rings. The van der Waals surface area contributed by atoms with Crippen molar-refractivity contribution in [3.63, 3.8) is 0 Å². The van der Waals surface area contributed by atoms with Crippen LogP contribution in [-0.4, -0.2) is 37.6 Å². The van der Waals surface area contributed by atoms with Gasteiger partial charge in [-0.25, -0.2) is 0 Å². The maximum absolute atomic E-state index is 12.9. The van der Waals surface area contributed by atoms with Crippen molar-refractivity contribution in [2.45, 2.75) is 6.04 Å². The highest BCUT2D eigenvalue weighted by atomic mass is 35.5. The van der Waals surface area contributed by atoms with Gasteiger partial charge in [0, 0.05) is 24.7 Å². The largest absolute Gasteiger partial charge is 0.495 e. The van der Waals surface area contributed by atoms with Gasteiger partial charge in [0.15, 0.2) is 0 Å². The van der Waals surface area contributed by atoms with E-state index in [4.69, 9.17) is 16.3 Å². The van der Waals surface area contributed by atoms with Crippen LogP contribution in [0.1, 0.15) is 21.3 Å². The van der Waals surface area contributed by atoms with Crippen molar-refractivity contribution in [3.05, 3.63) is 51.2 Å². The summed E-state index contributed by atoms with van der Waals surface area (Å²) in [6, 6.07) is 9.50. The number of carbonyl (C=O) groups excluding carboxylic acids is 1. The van der Waals surface area contributed by atoms with Gasteiger partial charge in [0.05, 0.1) is 13.2 Å². The molecule has 1 aromatic carbocycles. The molecule has 1 unspecified atom stereocenters. The Hall–Kier alpha value is -1.27. The Morgan fingerprint density at radius 3 is 3.00 bits per heavy atom. The SMILES string of the molecule is COc1ccsc1C(=O)N1CCNCC1c1cccc(Cl)c1.Cl. The molecule has 1 aliphatic rings. The molecule has 0 aliphatic carbocycles. The van der Waals surface area contributed by atoms with Crippen molar-refractivity contribution in [3.8, 4) is 5.75 Å². The summed E-state index contributed by atoms with van der Waals surface area (Å²) < 4.78 is 5.28. The number of nitrogens with zero attached hydrogens (tertiary/aromatic N) is 1. The number of halogens is 2. The number of nitrogens with one attached hydrogen (secondary N) is 1. The van der Waals surface area contributed by atoms with Gasteiger partial charge >= 0.3 is 0 Å². The van der Waals surface area contributed by atoms with E-state index in [0.717, 1.165) is 18.7 Å². The quantitative estimate of drug-likeness (QED) is 0.894. The van der Waals surface area contributed by atoms with Gasteiger partial charge in [-0.3, -0.25) is 4.79 Å². The van der Waals surface area contributed by atoms with Crippen LogP contribution in [0.15, 0.2) is 35.7 Å². The monoisotopic (exact) mass is 372 g/mol. The van der Waals surface area contributed by atoms with Crippen LogP contribution in [0.3, 0.4) is 0 Å². The van der Waals surface area contributed by atoms with E-state index in [2.05, 4.69) is 5.32 Å². The number of piperazine rings is 1. The lowest BCUT2D eigenvalue weighted by molar-refractivity contribution is 0.0636. The predicted octanol–water partition coefficient (Wildman–Crippen LogP) is 3.62. The smallest absolute Gasteiger partial charge is 0.268 e. The zero-order valence-corrected chi connectivity index (χ0v) is 15.0. The molecular weight excluding hydrogens is 355 g/mol. The number of hydrogen-bond acceptors (Lipinski definition) is 4. The van der Waals surface area contributed by atoms with Gasteiger partial charge in [-0.15, -0.1) is 23.7 Å². The first-order valence-electron chi connectivity index (χ1n) is 7.09. The molecular formula is C16H18Cl2N2O2S. The number of thiophene rings is 1. The van der Waals surface area contributed by atoms with Gasteiger partial charge in [-0.1, -0.05) is 23.7 Å².